The van der Waals surface area contributed by atoms with Gasteiger partial charge in [-0.1, -0.05) is 6.07 Å². The molecule has 0 saturated heterocycles. The maximum absolute atomic E-state index is 13.3. The molecule has 0 amide bonds. The van der Waals surface area contributed by atoms with Crippen molar-refractivity contribution in [1.29, 1.82) is 5.26 Å². The topological polar surface area (TPSA) is 76.4 Å². The molecule has 28 heavy (non-hydrogen) atoms. The number of fused-ring (bicyclic) bond motifs is 1. The Morgan fingerprint density at radius 3 is 2.36 bits per heavy atom. The number of carbonyl (C=O) groups is 2. The lowest BCUT2D eigenvalue weighted by Crippen LogP contribution is -2.55. The van der Waals surface area contributed by atoms with Crippen molar-refractivity contribution < 1.29 is 19.1 Å². The normalized spacial score (nSPS) is 37.9. The van der Waals surface area contributed by atoms with Crippen LogP contribution < -0.4 is 4.74 Å². The van der Waals surface area contributed by atoms with Gasteiger partial charge in [0.1, 0.15) is 11.4 Å². The van der Waals surface area contributed by atoms with Crippen molar-refractivity contribution >= 4 is 11.8 Å². The van der Waals surface area contributed by atoms with Crippen LogP contribution in [0.1, 0.15) is 60.9 Å². The molecule has 5 heteroatoms. The van der Waals surface area contributed by atoms with E-state index < -0.39 is 22.8 Å². The number of carbonyl (C=O) groups excluding carboxylic acids is 2. The van der Waals surface area contributed by atoms with Crippen molar-refractivity contribution in [3.05, 3.63) is 29.3 Å². The Balaban J connectivity index is 1.45. The van der Waals surface area contributed by atoms with Gasteiger partial charge in [0, 0.05) is 5.56 Å². The van der Waals surface area contributed by atoms with Crippen LogP contribution in [0.25, 0.3) is 0 Å². The van der Waals surface area contributed by atoms with Gasteiger partial charge >= 0.3 is 5.97 Å². The molecule has 0 aromatic heterocycles. The highest BCUT2D eigenvalue weighted by atomic mass is 16.6. The Labute approximate surface area is 165 Å². The van der Waals surface area contributed by atoms with Crippen LogP contribution in [0.3, 0.4) is 0 Å². The number of hydrogen-bond acceptors (Lipinski definition) is 5. The summed E-state index contributed by atoms with van der Waals surface area (Å²) in [6, 6.07) is 7.35. The van der Waals surface area contributed by atoms with Crippen molar-refractivity contribution in [3.63, 3.8) is 0 Å². The lowest BCUT2D eigenvalue weighted by molar-refractivity contribution is -0.192. The first kappa shape index (κ1) is 17.7. The average molecular weight is 379 g/mol. The summed E-state index contributed by atoms with van der Waals surface area (Å²) in [7, 11) is 1.54. The van der Waals surface area contributed by atoms with Gasteiger partial charge in [0.25, 0.3) is 0 Å². The van der Waals surface area contributed by atoms with E-state index in [-0.39, 0.29) is 6.42 Å². The van der Waals surface area contributed by atoms with Crippen molar-refractivity contribution in [3.8, 4) is 11.8 Å². The minimum Gasteiger partial charge on any atom is -0.497 e. The molecule has 1 atom stereocenters. The summed E-state index contributed by atoms with van der Waals surface area (Å²) >= 11 is 0. The summed E-state index contributed by atoms with van der Waals surface area (Å²) in [4.78, 5) is 26.6. The average Bonchev–Trinajstić information content (AvgIpc) is 2.67. The zero-order chi connectivity index (χ0) is 19.5. The zero-order valence-electron chi connectivity index (χ0n) is 16.2. The molecule has 5 nitrogen and oxygen atoms in total. The molecule has 0 heterocycles. The molecule has 4 fully saturated rings. The van der Waals surface area contributed by atoms with E-state index in [1.54, 1.807) is 12.1 Å². The number of esters is 1. The lowest BCUT2D eigenvalue weighted by atomic mass is 9.54. The van der Waals surface area contributed by atoms with Crippen LogP contribution in [0, 0.1) is 34.5 Å². The summed E-state index contributed by atoms with van der Waals surface area (Å²) in [6.07, 6.45) is 7.10. The highest BCUT2D eigenvalue weighted by Gasteiger charge is 2.57. The molecule has 5 aliphatic rings. The molecule has 0 aliphatic heterocycles. The van der Waals surface area contributed by atoms with E-state index >= 15 is 0 Å². The molecule has 0 spiro atoms. The van der Waals surface area contributed by atoms with Crippen LogP contribution in [0.2, 0.25) is 0 Å². The van der Waals surface area contributed by atoms with Crippen molar-refractivity contribution in [2.24, 2.45) is 23.2 Å². The summed E-state index contributed by atoms with van der Waals surface area (Å²) in [5.41, 5.74) is -0.915. The zero-order valence-corrected chi connectivity index (χ0v) is 16.2. The van der Waals surface area contributed by atoms with Gasteiger partial charge in [0.05, 0.1) is 13.2 Å². The van der Waals surface area contributed by atoms with E-state index in [9.17, 15) is 14.9 Å². The molecule has 0 unspecified atom stereocenters. The molecule has 146 valence electrons. The van der Waals surface area contributed by atoms with Crippen molar-refractivity contribution in [1.82, 2.24) is 0 Å². The van der Waals surface area contributed by atoms with Gasteiger partial charge in [-0.05, 0) is 86.8 Å². The molecular formula is C23H25NO4. The number of Topliss-reactive ketones (excluding diaryl/α,β-unsaturated/α-hetero) is 1. The second-order valence-corrected chi connectivity index (χ2v) is 9.36. The van der Waals surface area contributed by atoms with Crippen molar-refractivity contribution in [2.75, 3.05) is 7.11 Å². The first-order chi connectivity index (χ1) is 13.5. The van der Waals surface area contributed by atoms with Gasteiger partial charge in [0.2, 0.25) is 5.41 Å². The third-order valence-electron chi connectivity index (χ3n) is 7.55. The first-order valence-corrected chi connectivity index (χ1v) is 10.3. The number of hydrogen-bond donors (Lipinski definition) is 0. The van der Waals surface area contributed by atoms with Crippen LogP contribution in [0.4, 0.5) is 0 Å². The largest absolute Gasteiger partial charge is 0.497 e. The van der Waals surface area contributed by atoms with E-state index in [1.807, 2.05) is 6.07 Å². The second-order valence-electron chi connectivity index (χ2n) is 9.36. The predicted octanol–water partition coefficient (Wildman–Crippen LogP) is 3.85. The molecule has 1 aromatic carbocycles. The molecule has 6 rings (SSSR count). The van der Waals surface area contributed by atoms with E-state index in [0.29, 0.717) is 35.5 Å². The number of ketones is 1. The molecule has 1 aromatic rings. The number of nitriles is 1. The number of aryl methyl sites for hydroxylation is 1. The van der Waals surface area contributed by atoms with Crippen molar-refractivity contribution in [2.45, 2.75) is 57.0 Å². The third-order valence-corrected chi connectivity index (χ3v) is 7.55. The van der Waals surface area contributed by atoms with Gasteiger partial charge in [-0.3, -0.25) is 4.79 Å². The number of methoxy groups -OCH3 is 1. The fraction of sp³-hybridized carbons (Fsp3) is 0.609. The monoisotopic (exact) mass is 379 g/mol. The Morgan fingerprint density at radius 1 is 1.14 bits per heavy atom. The first-order valence-electron chi connectivity index (χ1n) is 10.3. The van der Waals surface area contributed by atoms with Crippen LogP contribution in [-0.2, 0) is 16.0 Å². The molecule has 4 saturated carbocycles. The number of benzene rings is 1. The van der Waals surface area contributed by atoms with Crippen LogP contribution in [-0.4, -0.2) is 24.5 Å². The summed E-state index contributed by atoms with van der Waals surface area (Å²) < 4.78 is 11.3. The molecule has 0 radical (unpaired) electrons. The quantitative estimate of drug-likeness (QED) is 0.589. The molecular weight excluding hydrogens is 354 g/mol. The fourth-order valence-corrected chi connectivity index (χ4v) is 6.56. The Bertz CT molecular complexity index is 863. The number of nitrogens with zero attached hydrogens (tertiary/aromatic N) is 1. The third kappa shape index (κ3) is 2.50. The summed E-state index contributed by atoms with van der Waals surface area (Å²) in [6.45, 7) is 0. The summed E-state index contributed by atoms with van der Waals surface area (Å²) in [5, 5.41) is 9.94. The molecule has 5 aliphatic carbocycles. The highest BCUT2D eigenvalue weighted by Crippen LogP contribution is 2.57. The number of ether oxygens (including phenoxy) is 2. The lowest BCUT2D eigenvalue weighted by Gasteiger charge is -2.56. The minimum absolute atomic E-state index is 0.187. The van der Waals surface area contributed by atoms with Gasteiger partial charge in [-0.2, -0.15) is 5.26 Å². The summed E-state index contributed by atoms with van der Waals surface area (Å²) in [5.74, 6) is 1.37. The highest BCUT2D eigenvalue weighted by molar-refractivity contribution is 6.16. The second kappa shape index (κ2) is 6.07. The molecule has 4 bridgehead atoms. The van der Waals surface area contributed by atoms with E-state index in [4.69, 9.17) is 9.47 Å². The standard InChI is InChI=1S/C23H25NO4/c1-27-18-3-2-17-4-5-23(13-24,20(25)19(17)9-18)21(26)28-22-10-14-6-15(11-22)8-16(7-14)12-22/h2-3,9,14-16H,4-8,10-12H2,1H3/t14?,15?,16?,22?,23-/m1/s1. The van der Waals surface area contributed by atoms with Gasteiger partial charge in [0.15, 0.2) is 5.78 Å². The van der Waals surface area contributed by atoms with Gasteiger partial charge in [-0.25, -0.2) is 4.79 Å². The SMILES string of the molecule is COc1ccc2c(c1)C(=O)[C@@](C#N)(C(=O)OC13CC4CC(CC(C4)C1)C3)CC2. The maximum Gasteiger partial charge on any atom is 0.335 e. The van der Waals surface area contributed by atoms with E-state index in [1.165, 1.54) is 26.4 Å². The van der Waals surface area contributed by atoms with E-state index in [2.05, 4.69) is 6.07 Å². The smallest absolute Gasteiger partial charge is 0.335 e. The Morgan fingerprint density at radius 2 is 1.79 bits per heavy atom. The Kier molecular flexibility index (Phi) is 3.84. The Hall–Kier alpha value is -2.35. The fourth-order valence-electron chi connectivity index (χ4n) is 6.56. The van der Waals surface area contributed by atoms with Crippen LogP contribution in [0.5, 0.6) is 5.75 Å². The van der Waals surface area contributed by atoms with E-state index in [0.717, 1.165) is 24.8 Å². The maximum atomic E-state index is 13.3. The van der Waals surface area contributed by atoms with Gasteiger partial charge in [-0.15, -0.1) is 0 Å². The predicted molar refractivity (Wildman–Crippen MR) is 101 cm³/mol. The van der Waals surface area contributed by atoms with Crippen LogP contribution >= 0.6 is 0 Å². The number of rotatable bonds is 3. The minimum atomic E-state index is -1.73. The molecule has 0 N–H and O–H groups in total. The van der Waals surface area contributed by atoms with Crippen LogP contribution in [0.15, 0.2) is 18.2 Å². The van der Waals surface area contributed by atoms with Gasteiger partial charge < -0.3 is 9.47 Å².